The van der Waals surface area contributed by atoms with Gasteiger partial charge in [0.1, 0.15) is 0 Å². The predicted octanol–water partition coefficient (Wildman–Crippen LogP) is 4.35. The van der Waals surface area contributed by atoms with Gasteiger partial charge >= 0.3 is 0 Å². The van der Waals surface area contributed by atoms with Crippen molar-refractivity contribution in [3.8, 4) is 0 Å². The molecule has 1 unspecified atom stereocenters. The third-order valence-electron chi connectivity index (χ3n) is 4.51. The molecular formula is C20H25N3. The maximum atomic E-state index is 4.68. The third-order valence-corrected chi connectivity index (χ3v) is 4.51. The maximum absolute atomic E-state index is 4.68. The number of nitrogens with one attached hydrogen (secondary N) is 1. The Morgan fingerprint density at radius 3 is 2.43 bits per heavy atom. The van der Waals surface area contributed by atoms with Crippen LogP contribution in [-0.4, -0.2) is 30.0 Å². The molecule has 120 valence electrons. The van der Waals surface area contributed by atoms with E-state index in [1.54, 1.807) is 0 Å². The van der Waals surface area contributed by atoms with Crippen molar-refractivity contribution in [2.75, 3.05) is 18.4 Å². The predicted molar refractivity (Wildman–Crippen MR) is 98.0 cm³/mol. The molecule has 3 rings (SSSR count). The average Bonchev–Trinajstić information content (AvgIpc) is 2.94. The second-order valence-corrected chi connectivity index (χ2v) is 6.30. The Bertz CT molecular complexity index is 636. The third kappa shape index (κ3) is 3.92. The highest BCUT2D eigenvalue weighted by Crippen LogP contribution is 2.21. The van der Waals surface area contributed by atoms with Gasteiger partial charge in [-0.3, -0.25) is 4.99 Å². The molecule has 2 aromatic carbocycles. The molecule has 3 heteroatoms. The molecule has 3 nitrogen and oxygen atoms in total. The molecule has 0 amide bonds. The first-order valence-corrected chi connectivity index (χ1v) is 8.42. The summed E-state index contributed by atoms with van der Waals surface area (Å²) in [6.07, 6.45) is 1.13. The number of nitrogens with zero attached hydrogens (tertiary/aromatic N) is 2. The highest BCUT2D eigenvalue weighted by atomic mass is 15.4. The summed E-state index contributed by atoms with van der Waals surface area (Å²) in [5, 5.41) is 3.46. The fraction of sp³-hybridized carbons (Fsp3) is 0.350. The number of rotatable bonds is 5. The first-order chi connectivity index (χ1) is 11.2. The van der Waals surface area contributed by atoms with E-state index in [2.05, 4.69) is 71.5 Å². The zero-order chi connectivity index (χ0) is 16.1. The zero-order valence-electron chi connectivity index (χ0n) is 13.9. The molecule has 2 aromatic rings. The summed E-state index contributed by atoms with van der Waals surface area (Å²) < 4.78 is 0. The largest absolute Gasteiger partial charge is 0.338 e. The highest BCUT2D eigenvalue weighted by Gasteiger charge is 2.24. The number of benzene rings is 2. The minimum absolute atomic E-state index is 0.462. The van der Waals surface area contributed by atoms with Gasteiger partial charge in [0.2, 0.25) is 0 Å². The Balaban J connectivity index is 1.60. The van der Waals surface area contributed by atoms with Crippen molar-refractivity contribution in [3.63, 3.8) is 0 Å². The van der Waals surface area contributed by atoms with Crippen LogP contribution in [0.15, 0.2) is 65.7 Å². The Hall–Kier alpha value is -2.29. The van der Waals surface area contributed by atoms with Gasteiger partial charge in [-0.15, -0.1) is 0 Å². The first kappa shape index (κ1) is 15.6. The number of anilines is 1. The summed E-state index contributed by atoms with van der Waals surface area (Å²) in [7, 11) is 0. The smallest absolute Gasteiger partial charge is 0.198 e. The molecule has 0 saturated carbocycles. The Morgan fingerprint density at radius 1 is 1.09 bits per heavy atom. The van der Waals surface area contributed by atoms with Crippen molar-refractivity contribution in [1.82, 2.24) is 4.90 Å². The van der Waals surface area contributed by atoms with Gasteiger partial charge < -0.3 is 10.2 Å². The van der Waals surface area contributed by atoms with Crippen LogP contribution in [0.1, 0.15) is 31.7 Å². The van der Waals surface area contributed by atoms with Crippen LogP contribution in [0.3, 0.4) is 0 Å². The van der Waals surface area contributed by atoms with E-state index in [0.29, 0.717) is 12.0 Å². The number of para-hydroxylation sites is 1. The molecule has 0 spiro atoms. The molecule has 0 radical (unpaired) electrons. The van der Waals surface area contributed by atoms with Gasteiger partial charge in [0, 0.05) is 18.3 Å². The van der Waals surface area contributed by atoms with Crippen LogP contribution in [-0.2, 0) is 0 Å². The second-order valence-electron chi connectivity index (χ2n) is 6.30. The van der Waals surface area contributed by atoms with Gasteiger partial charge in [0.05, 0.1) is 6.54 Å². The van der Waals surface area contributed by atoms with Crippen LogP contribution in [0.4, 0.5) is 5.69 Å². The van der Waals surface area contributed by atoms with E-state index < -0.39 is 0 Å². The van der Waals surface area contributed by atoms with Crippen molar-refractivity contribution >= 4 is 11.6 Å². The van der Waals surface area contributed by atoms with Crippen LogP contribution < -0.4 is 5.32 Å². The van der Waals surface area contributed by atoms with Gasteiger partial charge in [-0.25, -0.2) is 0 Å². The lowest BCUT2D eigenvalue weighted by atomic mass is 9.97. The first-order valence-electron chi connectivity index (χ1n) is 8.42. The number of hydrogen-bond donors (Lipinski definition) is 1. The van der Waals surface area contributed by atoms with Crippen molar-refractivity contribution in [2.45, 2.75) is 32.2 Å². The van der Waals surface area contributed by atoms with E-state index in [1.165, 1.54) is 5.56 Å². The van der Waals surface area contributed by atoms with E-state index >= 15 is 0 Å². The molecule has 0 aliphatic carbocycles. The van der Waals surface area contributed by atoms with Crippen LogP contribution >= 0.6 is 0 Å². The fourth-order valence-electron chi connectivity index (χ4n) is 2.99. The summed E-state index contributed by atoms with van der Waals surface area (Å²) in [6, 6.07) is 21.5. The van der Waals surface area contributed by atoms with Crippen molar-refractivity contribution in [1.29, 1.82) is 0 Å². The zero-order valence-corrected chi connectivity index (χ0v) is 13.9. The van der Waals surface area contributed by atoms with Crippen LogP contribution in [0.25, 0.3) is 0 Å². The molecular weight excluding hydrogens is 282 g/mol. The van der Waals surface area contributed by atoms with Crippen LogP contribution in [0.5, 0.6) is 0 Å². The van der Waals surface area contributed by atoms with E-state index in [0.717, 1.165) is 31.2 Å². The molecule has 23 heavy (non-hydrogen) atoms. The Morgan fingerprint density at radius 2 is 1.74 bits per heavy atom. The SMILES string of the molecule is CC(CCN1C(Nc2ccccc2)=NC[C@@H]1C)c1ccccc1. The van der Waals surface area contributed by atoms with Crippen LogP contribution in [0, 0.1) is 0 Å². The van der Waals surface area contributed by atoms with Crippen LogP contribution in [0.2, 0.25) is 0 Å². The lowest BCUT2D eigenvalue weighted by Crippen LogP contribution is -2.39. The quantitative estimate of drug-likeness (QED) is 0.889. The van der Waals surface area contributed by atoms with E-state index in [4.69, 9.17) is 0 Å². The van der Waals surface area contributed by atoms with E-state index in [-0.39, 0.29) is 0 Å². The van der Waals surface area contributed by atoms with E-state index in [1.807, 2.05) is 18.2 Å². The lowest BCUT2D eigenvalue weighted by molar-refractivity contribution is 0.348. The summed E-state index contributed by atoms with van der Waals surface area (Å²) in [6.45, 7) is 6.44. The highest BCUT2D eigenvalue weighted by molar-refractivity contribution is 5.94. The number of aliphatic imine (C=N–C) groups is 1. The minimum atomic E-state index is 0.462. The normalized spacial score (nSPS) is 18.6. The van der Waals surface area contributed by atoms with Gasteiger partial charge in [0.15, 0.2) is 5.96 Å². The van der Waals surface area contributed by atoms with Crippen molar-refractivity contribution in [3.05, 3.63) is 66.2 Å². The molecule has 0 fully saturated rings. The minimum Gasteiger partial charge on any atom is -0.338 e. The van der Waals surface area contributed by atoms with Gasteiger partial charge in [-0.2, -0.15) is 0 Å². The molecule has 1 aliphatic heterocycles. The maximum Gasteiger partial charge on any atom is 0.198 e. The summed E-state index contributed by atoms with van der Waals surface area (Å²) in [5.41, 5.74) is 2.51. The lowest BCUT2D eigenvalue weighted by Gasteiger charge is -2.27. The second kappa shape index (κ2) is 7.32. The van der Waals surface area contributed by atoms with Gasteiger partial charge in [-0.05, 0) is 37.0 Å². The van der Waals surface area contributed by atoms with Gasteiger partial charge in [0.25, 0.3) is 0 Å². The number of guanidine groups is 1. The monoisotopic (exact) mass is 307 g/mol. The molecule has 2 atom stereocenters. The fourth-order valence-corrected chi connectivity index (χ4v) is 2.99. The molecule has 0 aromatic heterocycles. The van der Waals surface area contributed by atoms with E-state index in [9.17, 15) is 0 Å². The molecule has 1 aliphatic rings. The standard InChI is InChI=1S/C20H25N3/c1-16(18-9-5-3-6-10-18)13-14-23-17(2)15-21-20(23)22-19-11-7-4-8-12-19/h3-12,16-17H,13-15H2,1-2H3,(H,21,22)/t16?,17-/m0/s1. The number of hydrogen-bond acceptors (Lipinski definition) is 3. The molecule has 1 N–H and O–H groups in total. The van der Waals surface area contributed by atoms with Crippen molar-refractivity contribution < 1.29 is 0 Å². The average molecular weight is 307 g/mol. The summed E-state index contributed by atoms with van der Waals surface area (Å²) in [5.74, 6) is 1.56. The molecule has 0 bridgehead atoms. The summed E-state index contributed by atoms with van der Waals surface area (Å²) >= 11 is 0. The molecule has 1 heterocycles. The summed E-state index contributed by atoms with van der Waals surface area (Å²) in [4.78, 5) is 7.07. The molecule has 0 saturated heterocycles. The topological polar surface area (TPSA) is 27.6 Å². The Labute approximate surface area is 139 Å². The Kier molecular flexibility index (Phi) is 4.96. The van der Waals surface area contributed by atoms with Crippen molar-refractivity contribution in [2.24, 2.45) is 4.99 Å². The van der Waals surface area contributed by atoms with Gasteiger partial charge in [-0.1, -0.05) is 55.5 Å².